The van der Waals surface area contributed by atoms with E-state index in [-0.39, 0.29) is 11.5 Å². The Hall–Kier alpha value is -2.15. The number of allylic oxidation sites excluding steroid dienone is 1. The molecule has 0 radical (unpaired) electrons. The summed E-state index contributed by atoms with van der Waals surface area (Å²) in [4.78, 5) is 5.00. The Kier molecular flexibility index (Phi) is 5.88. The highest BCUT2D eigenvalue weighted by molar-refractivity contribution is 5.48. The average Bonchev–Trinajstić information content (AvgIpc) is 3.12. The zero-order valence-electron chi connectivity index (χ0n) is 20.3. The molecule has 3 heterocycles. The van der Waals surface area contributed by atoms with Gasteiger partial charge in [-0.1, -0.05) is 17.7 Å². The summed E-state index contributed by atoms with van der Waals surface area (Å²) in [6, 6.07) is 5.95. The third kappa shape index (κ3) is 3.92. The van der Waals surface area contributed by atoms with E-state index in [0.29, 0.717) is 5.75 Å². The van der Waals surface area contributed by atoms with Crippen molar-refractivity contribution < 1.29 is 10.2 Å². The molecule has 2 N–H and O–H groups in total. The van der Waals surface area contributed by atoms with Gasteiger partial charge in [0.15, 0.2) is 0 Å². The van der Waals surface area contributed by atoms with Gasteiger partial charge in [0, 0.05) is 37.3 Å². The number of hydrogen-bond acceptors (Lipinski definition) is 5. The molecule has 1 aromatic carbocycles. The van der Waals surface area contributed by atoms with Crippen LogP contribution in [0.2, 0.25) is 0 Å². The second kappa shape index (κ2) is 8.57. The first-order valence-electron chi connectivity index (χ1n) is 12.4. The third-order valence-corrected chi connectivity index (χ3v) is 8.47. The van der Waals surface area contributed by atoms with E-state index < -0.39 is 5.60 Å². The number of phenols is 1. The second-order valence-electron chi connectivity index (χ2n) is 10.7. The van der Waals surface area contributed by atoms with Crippen molar-refractivity contribution in [1.29, 1.82) is 0 Å². The van der Waals surface area contributed by atoms with E-state index in [0.717, 1.165) is 65.0 Å². The van der Waals surface area contributed by atoms with Gasteiger partial charge in [-0.3, -0.25) is 9.58 Å². The van der Waals surface area contributed by atoms with Gasteiger partial charge >= 0.3 is 0 Å². The van der Waals surface area contributed by atoms with Gasteiger partial charge in [0.2, 0.25) is 0 Å². The number of benzene rings is 1. The van der Waals surface area contributed by atoms with Crippen molar-refractivity contribution in [3.8, 4) is 5.75 Å². The monoisotopic (exact) mass is 450 g/mol. The fourth-order valence-electron chi connectivity index (χ4n) is 6.64. The van der Waals surface area contributed by atoms with Crippen molar-refractivity contribution in [2.24, 2.45) is 0 Å². The Morgan fingerprint density at radius 2 is 1.94 bits per heavy atom. The topological polar surface area (TPSA) is 64.8 Å². The van der Waals surface area contributed by atoms with E-state index >= 15 is 0 Å². The smallest absolute Gasteiger partial charge is 0.115 e. The molecule has 2 aromatic rings. The van der Waals surface area contributed by atoms with Crippen LogP contribution in [-0.2, 0) is 18.4 Å². The number of piperidine rings is 1. The van der Waals surface area contributed by atoms with E-state index in [2.05, 4.69) is 54.0 Å². The number of aromatic hydroxyl groups is 1. The third-order valence-electron chi connectivity index (χ3n) is 8.47. The maximum Gasteiger partial charge on any atom is 0.115 e. The molecule has 2 saturated heterocycles. The first-order chi connectivity index (χ1) is 15.8. The minimum atomic E-state index is -0.793. The number of fused-ring (bicyclic) bond motifs is 1. The summed E-state index contributed by atoms with van der Waals surface area (Å²) in [6.45, 7) is 11.9. The maximum absolute atomic E-state index is 12.5. The number of nitrogens with zero attached hydrogens (tertiary/aromatic N) is 4. The Bertz CT molecular complexity index is 1040. The molecule has 1 aromatic heterocycles. The first kappa shape index (κ1) is 22.6. The van der Waals surface area contributed by atoms with E-state index in [1.54, 1.807) is 0 Å². The van der Waals surface area contributed by atoms with Crippen LogP contribution >= 0.6 is 0 Å². The van der Waals surface area contributed by atoms with Crippen molar-refractivity contribution in [2.45, 2.75) is 70.1 Å². The Morgan fingerprint density at radius 3 is 2.70 bits per heavy atom. The van der Waals surface area contributed by atoms with Gasteiger partial charge in [0.05, 0.1) is 18.3 Å². The number of aromatic nitrogens is 2. The zero-order valence-corrected chi connectivity index (χ0v) is 20.3. The van der Waals surface area contributed by atoms with Gasteiger partial charge in [-0.05, 0) is 88.4 Å². The Balaban J connectivity index is 1.46. The lowest BCUT2D eigenvalue weighted by molar-refractivity contribution is -0.145. The molecule has 0 spiro atoms. The summed E-state index contributed by atoms with van der Waals surface area (Å²) in [6.07, 6.45) is 9.75. The van der Waals surface area contributed by atoms with Gasteiger partial charge in [0.25, 0.3) is 0 Å². The summed E-state index contributed by atoms with van der Waals surface area (Å²) >= 11 is 0. The molecule has 2 aliphatic heterocycles. The van der Waals surface area contributed by atoms with E-state index in [1.165, 1.54) is 22.3 Å². The van der Waals surface area contributed by atoms with E-state index in [9.17, 15) is 10.2 Å². The molecule has 2 fully saturated rings. The van der Waals surface area contributed by atoms with Gasteiger partial charge in [-0.25, -0.2) is 0 Å². The molecular weight excluding hydrogens is 412 g/mol. The molecule has 33 heavy (non-hydrogen) atoms. The van der Waals surface area contributed by atoms with Gasteiger partial charge in [-0.15, -0.1) is 0 Å². The SMILES string of the molecule is CC(C)=CCN1CC[C@]23CCN(CCn4cc(C)cn4)CC[C@@]2(O)[C@H]1Cc1ccc(O)cc13. The summed E-state index contributed by atoms with van der Waals surface area (Å²) in [7, 11) is 0. The largest absolute Gasteiger partial charge is 0.508 e. The molecule has 3 atom stereocenters. The molecule has 2 bridgehead atoms. The van der Waals surface area contributed by atoms with E-state index in [4.69, 9.17) is 0 Å². The minimum Gasteiger partial charge on any atom is -0.508 e. The van der Waals surface area contributed by atoms with Crippen molar-refractivity contribution in [2.75, 3.05) is 32.7 Å². The standard InChI is InChI=1S/C27H38N4O2/c1-20(2)6-10-30-13-8-26-7-11-29(14-15-31-19-21(3)18-28-31)12-9-27(26,33)25(30)16-22-4-5-23(32)17-24(22)26/h4-6,17-19,25,32-33H,7-16H2,1-3H3/t25-,26+,27-/m1/s1. The highest BCUT2D eigenvalue weighted by atomic mass is 16.3. The lowest BCUT2D eigenvalue weighted by atomic mass is 9.52. The maximum atomic E-state index is 12.5. The first-order valence-corrected chi connectivity index (χ1v) is 12.4. The van der Waals surface area contributed by atoms with Gasteiger partial charge in [-0.2, -0.15) is 5.10 Å². The van der Waals surface area contributed by atoms with Crippen LogP contribution in [0.25, 0.3) is 0 Å². The van der Waals surface area contributed by atoms with Crippen LogP contribution in [0, 0.1) is 6.92 Å². The minimum absolute atomic E-state index is 0.104. The van der Waals surface area contributed by atoms with Crippen molar-refractivity contribution in [3.05, 3.63) is 58.9 Å². The predicted octanol–water partition coefficient (Wildman–Crippen LogP) is 3.26. The summed E-state index contributed by atoms with van der Waals surface area (Å²) in [5, 5.41) is 27.3. The van der Waals surface area contributed by atoms with Crippen LogP contribution in [0.3, 0.4) is 0 Å². The van der Waals surface area contributed by atoms with Crippen LogP contribution in [0.5, 0.6) is 5.75 Å². The van der Waals surface area contributed by atoms with Crippen LogP contribution < -0.4 is 0 Å². The molecule has 6 heteroatoms. The Labute approximate surface area is 197 Å². The van der Waals surface area contributed by atoms with Crippen molar-refractivity contribution in [1.82, 2.24) is 19.6 Å². The normalized spacial score (nSPS) is 29.8. The molecule has 0 amide bonds. The predicted molar refractivity (Wildman–Crippen MR) is 130 cm³/mol. The number of hydrogen-bond donors (Lipinski definition) is 2. The molecule has 6 nitrogen and oxygen atoms in total. The number of aryl methyl sites for hydroxylation is 1. The van der Waals surface area contributed by atoms with Crippen LogP contribution in [0.1, 0.15) is 49.8 Å². The summed E-state index contributed by atoms with van der Waals surface area (Å²) in [5.41, 5.74) is 3.89. The van der Waals surface area contributed by atoms with Gasteiger partial charge < -0.3 is 15.1 Å². The number of rotatable bonds is 5. The lowest BCUT2D eigenvalue weighted by Crippen LogP contribution is -2.71. The fourth-order valence-corrected chi connectivity index (χ4v) is 6.64. The number of likely N-dealkylation sites (tertiary alicyclic amines) is 2. The molecule has 3 aliphatic rings. The zero-order chi connectivity index (χ0) is 23.2. The van der Waals surface area contributed by atoms with Crippen LogP contribution in [0.15, 0.2) is 42.2 Å². The summed E-state index contributed by atoms with van der Waals surface area (Å²) < 4.78 is 2.02. The molecule has 0 saturated carbocycles. The molecular formula is C27H38N4O2. The average molecular weight is 451 g/mol. The lowest BCUT2D eigenvalue weighted by Gasteiger charge is -2.61. The van der Waals surface area contributed by atoms with Crippen LogP contribution in [0.4, 0.5) is 0 Å². The second-order valence-corrected chi connectivity index (χ2v) is 10.7. The number of phenolic OH excluding ortho intramolecular Hbond substituents is 1. The fraction of sp³-hybridized carbons (Fsp3) is 0.593. The van der Waals surface area contributed by atoms with Crippen molar-refractivity contribution in [3.63, 3.8) is 0 Å². The summed E-state index contributed by atoms with van der Waals surface area (Å²) in [5.74, 6) is 0.311. The van der Waals surface area contributed by atoms with Crippen LogP contribution in [-0.4, -0.2) is 74.2 Å². The molecule has 178 valence electrons. The quantitative estimate of drug-likeness (QED) is 0.685. The van der Waals surface area contributed by atoms with Gasteiger partial charge in [0.1, 0.15) is 5.75 Å². The highest BCUT2D eigenvalue weighted by Crippen LogP contribution is 2.56. The molecule has 1 aliphatic carbocycles. The van der Waals surface area contributed by atoms with Crippen molar-refractivity contribution >= 4 is 0 Å². The molecule has 0 unspecified atom stereocenters. The Morgan fingerprint density at radius 1 is 1.15 bits per heavy atom. The molecule has 5 rings (SSSR count). The van der Waals surface area contributed by atoms with E-state index in [1.807, 2.05) is 23.0 Å². The highest BCUT2D eigenvalue weighted by Gasteiger charge is 2.62. The number of aliphatic hydroxyl groups is 1.